The summed E-state index contributed by atoms with van der Waals surface area (Å²) in [6.45, 7) is 7.63. The second kappa shape index (κ2) is 8.85. The average molecular weight is 373 g/mol. The van der Waals surface area contributed by atoms with Crippen LogP contribution in [0.1, 0.15) is 22.3 Å². The topological polar surface area (TPSA) is 40.5 Å². The molecule has 2 rings (SSSR count). The minimum atomic E-state index is 0.0297. The Kier molecular flexibility index (Phi) is 6.82. The third kappa shape index (κ3) is 4.21. The van der Waals surface area contributed by atoms with Crippen molar-refractivity contribution in [3.63, 3.8) is 0 Å². The molecule has 0 bridgehead atoms. The minimum absolute atomic E-state index is 0.0297. The zero-order valence-corrected chi connectivity index (χ0v) is 14.9. The number of benzene rings is 2. The Balaban J connectivity index is 2.43. The van der Waals surface area contributed by atoms with E-state index in [1.807, 2.05) is 36.4 Å². The second-order valence-corrected chi connectivity index (χ2v) is 7.47. The van der Waals surface area contributed by atoms with Gasteiger partial charge in [0.05, 0.1) is 0 Å². The van der Waals surface area contributed by atoms with E-state index in [9.17, 15) is 10.2 Å². The Morgan fingerprint density at radius 3 is 1.57 bits per heavy atom. The van der Waals surface area contributed by atoms with Crippen LogP contribution < -0.4 is 8.92 Å². The van der Waals surface area contributed by atoms with Gasteiger partial charge in [0, 0.05) is 0 Å². The summed E-state index contributed by atoms with van der Waals surface area (Å²) in [5.41, 5.74) is 4.22. The maximum absolute atomic E-state index is 9.78. The Labute approximate surface area is 144 Å². The first-order valence-electron chi connectivity index (χ1n) is 7.58. The summed E-state index contributed by atoms with van der Waals surface area (Å²) < 4.78 is 2.31. The van der Waals surface area contributed by atoms with Gasteiger partial charge in [-0.25, -0.2) is 0 Å². The van der Waals surface area contributed by atoms with E-state index in [4.69, 9.17) is 0 Å². The molecule has 0 saturated carbocycles. The van der Waals surface area contributed by atoms with Gasteiger partial charge in [0.2, 0.25) is 0 Å². The van der Waals surface area contributed by atoms with Crippen LogP contribution in [0.2, 0.25) is 0 Å². The third-order valence-corrected chi connectivity index (χ3v) is 6.25. The van der Waals surface area contributed by atoms with Gasteiger partial charge in [0.1, 0.15) is 0 Å². The van der Waals surface area contributed by atoms with Crippen molar-refractivity contribution in [2.45, 2.75) is 26.1 Å². The summed E-state index contributed by atoms with van der Waals surface area (Å²) in [6.07, 6.45) is 5.22. The van der Waals surface area contributed by atoms with Crippen LogP contribution in [0.15, 0.2) is 61.7 Å². The number of hydrogen-bond donors (Lipinski definition) is 2. The molecule has 0 aliphatic heterocycles. The molecule has 0 saturated heterocycles. The quantitative estimate of drug-likeness (QED) is 0.547. The van der Waals surface area contributed by atoms with Crippen molar-refractivity contribution in [1.29, 1.82) is 0 Å². The first-order chi connectivity index (χ1) is 11.2. The monoisotopic (exact) mass is 374 g/mol. The molecule has 0 amide bonds. The second-order valence-electron chi connectivity index (χ2n) is 5.19. The van der Waals surface area contributed by atoms with Gasteiger partial charge in [-0.2, -0.15) is 0 Å². The molecule has 0 aromatic heterocycles. The van der Waals surface area contributed by atoms with E-state index < -0.39 is 0 Å². The SMILES string of the molecule is C=CCc1cccc([Se]c2cccc(CC=C)c2CO)c1CO. The molecule has 0 radical (unpaired) electrons. The van der Waals surface area contributed by atoms with Gasteiger partial charge in [-0.15, -0.1) is 0 Å². The van der Waals surface area contributed by atoms with Crippen molar-refractivity contribution >= 4 is 23.9 Å². The van der Waals surface area contributed by atoms with E-state index in [-0.39, 0.29) is 28.2 Å². The zero-order chi connectivity index (χ0) is 16.7. The molecule has 0 atom stereocenters. The predicted molar refractivity (Wildman–Crippen MR) is 97.6 cm³/mol. The molecule has 0 spiro atoms. The molecule has 2 nitrogen and oxygen atoms in total. The fraction of sp³-hybridized carbons (Fsp3) is 0.200. The van der Waals surface area contributed by atoms with Gasteiger partial charge in [-0.3, -0.25) is 0 Å². The van der Waals surface area contributed by atoms with Gasteiger partial charge in [0.15, 0.2) is 0 Å². The molecule has 3 heteroatoms. The third-order valence-electron chi connectivity index (χ3n) is 3.72. The summed E-state index contributed by atoms with van der Waals surface area (Å²) in [7, 11) is 0. The van der Waals surface area contributed by atoms with Crippen LogP contribution >= 0.6 is 0 Å². The molecule has 2 aromatic rings. The van der Waals surface area contributed by atoms with E-state index in [1.165, 1.54) is 0 Å². The molecule has 0 aliphatic carbocycles. The van der Waals surface area contributed by atoms with Crippen LogP contribution in [-0.4, -0.2) is 25.2 Å². The molecule has 23 heavy (non-hydrogen) atoms. The summed E-state index contributed by atoms with van der Waals surface area (Å²) >= 11 is 0.0322. The van der Waals surface area contributed by atoms with Gasteiger partial charge in [-0.1, -0.05) is 0 Å². The van der Waals surface area contributed by atoms with Gasteiger partial charge < -0.3 is 0 Å². The van der Waals surface area contributed by atoms with E-state index in [0.717, 1.165) is 44.0 Å². The summed E-state index contributed by atoms with van der Waals surface area (Å²) in [4.78, 5) is 0. The van der Waals surface area contributed by atoms with Crippen molar-refractivity contribution in [3.05, 3.63) is 84.0 Å². The van der Waals surface area contributed by atoms with E-state index in [0.29, 0.717) is 0 Å². The standard InChI is InChI=1S/C20H22O2Se/c1-3-7-15-9-5-11-19(17(15)13-21)23-20-12-6-10-16(8-4-2)18(20)14-22/h3-6,9-12,21-22H,1-2,7-8,13-14H2. The molecule has 2 aromatic carbocycles. The van der Waals surface area contributed by atoms with Crippen LogP contribution in [0.25, 0.3) is 0 Å². The predicted octanol–water partition coefficient (Wildman–Crippen LogP) is 1.78. The molecule has 2 N–H and O–H groups in total. The average Bonchev–Trinajstić information content (AvgIpc) is 2.56. The summed E-state index contributed by atoms with van der Waals surface area (Å²) in [5.74, 6) is 0. The normalized spacial score (nSPS) is 10.5. The zero-order valence-electron chi connectivity index (χ0n) is 13.2. The molecule has 0 fully saturated rings. The van der Waals surface area contributed by atoms with Crippen molar-refractivity contribution in [1.82, 2.24) is 0 Å². The maximum atomic E-state index is 9.78. The summed E-state index contributed by atoms with van der Waals surface area (Å²) in [5, 5.41) is 19.6. The van der Waals surface area contributed by atoms with Crippen LogP contribution in [0.4, 0.5) is 0 Å². The van der Waals surface area contributed by atoms with Crippen molar-refractivity contribution < 1.29 is 10.2 Å². The Hall–Kier alpha value is -1.64. The molecule has 0 unspecified atom stereocenters. The molecule has 120 valence electrons. The van der Waals surface area contributed by atoms with Gasteiger partial charge in [-0.05, 0) is 0 Å². The van der Waals surface area contributed by atoms with Crippen molar-refractivity contribution in [2.24, 2.45) is 0 Å². The fourth-order valence-corrected chi connectivity index (χ4v) is 5.03. The van der Waals surface area contributed by atoms with Crippen LogP contribution in [-0.2, 0) is 26.1 Å². The molecule has 0 aliphatic rings. The number of hydrogen-bond acceptors (Lipinski definition) is 2. The Bertz CT molecular complexity index is 633. The molecular formula is C20H22O2Se. The van der Waals surface area contributed by atoms with Crippen LogP contribution in [0.5, 0.6) is 0 Å². The van der Waals surface area contributed by atoms with E-state index in [1.54, 1.807) is 0 Å². The van der Waals surface area contributed by atoms with Gasteiger partial charge >= 0.3 is 144 Å². The Morgan fingerprint density at radius 2 is 1.22 bits per heavy atom. The van der Waals surface area contributed by atoms with Crippen LogP contribution in [0, 0.1) is 0 Å². The van der Waals surface area contributed by atoms with Gasteiger partial charge in [0.25, 0.3) is 0 Å². The fourth-order valence-electron chi connectivity index (χ4n) is 2.58. The molecule has 0 heterocycles. The van der Waals surface area contributed by atoms with Crippen LogP contribution in [0.3, 0.4) is 0 Å². The molecular weight excluding hydrogens is 351 g/mol. The number of rotatable bonds is 8. The first-order valence-corrected chi connectivity index (χ1v) is 9.29. The van der Waals surface area contributed by atoms with Crippen molar-refractivity contribution in [2.75, 3.05) is 0 Å². The van der Waals surface area contributed by atoms with E-state index >= 15 is 0 Å². The summed E-state index contributed by atoms with van der Waals surface area (Å²) in [6, 6.07) is 12.3. The number of aliphatic hydroxyl groups excluding tert-OH is 2. The first kappa shape index (κ1) is 17.7. The number of aliphatic hydroxyl groups is 2. The van der Waals surface area contributed by atoms with Crippen molar-refractivity contribution in [3.8, 4) is 0 Å². The van der Waals surface area contributed by atoms with E-state index in [2.05, 4.69) is 25.3 Å². The Morgan fingerprint density at radius 1 is 0.783 bits per heavy atom. The number of allylic oxidation sites excluding steroid dienone is 2.